The number of halogens is 4. The molecular weight excluding hydrogens is 868 g/mol. The molecule has 4 amide bonds. The Labute approximate surface area is 356 Å². The Balaban J connectivity index is 0.000000228. The molecule has 6 rings (SSSR count). The highest BCUT2D eigenvalue weighted by molar-refractivity contribution is 7.91. The predicted molar refractivity (Wildman–Crippen MR) is 224 cm³/mol. The highest BCUT2D eigenvalue weighted by atomic mass is 35.5. The number of ketones is 1. The van der Waals surface area contributed by atoms with Crippen molar-refractivity contribution in [2.24, 2.45) is 5.73 Å². The summed E-state index contributed by atoms with van der Waals surface area (Å²) in [6, 6.07) is 20.0. The molecule has 4 aromatic rings. The SMILES string of the molecule is COC(=O)c1ccc(CN(C(=O)N2CCS(=O)(=O)CC2)c2cccc(Cl)c2)c(F)c1.NCC(=O)c1ccc(CN(C(=O)N2CCS(=O)(=O)CC2)c2cccc(Cl)c2)c(F)c1. The van der Waals surface area contributed by atoms with Crippen LogP contribution in [0.25, 0.3) is 0 Å². The summed E-state index contributed by atoms with van der Waals surface area (Å²) in [6.07, 6.45) is 0. The number of carbonyl (C=O) groups is 4. The smallest absolute Gasteiger partial charge is 0.337 e. The lowest BCUT2D eigenvalue weighted by Crippen LogP contribution is -2.49. The molecule has 14 nitrogen and oxygen atoms in total. The highest BCUT2D eigenvalue weighted by Gasteiger charge is 2.31. The first-order valence-electron chi connectivity index (χ1n) is 18.3. The number of nitrogens with zero attached hydrogens (tertiary/aromatic N) is 4. The summed E-state index contributed by atoms with van der Waals surface area (Å²) in [5, 5.41) is 0.795. The van der Waals surface area contributed by atoms with Crippen LogP contribution < -0.4 is 15.5 Å². The molecule has 2 aliphatic rings. The van der Waals surface area contributed by atoms with E-state index in [1.165, 1.54) is 51.0 Å². The quantitative estimate of drug-likeness (QED) is 0.164. The number of Topliss-reactive ketones (excluding diaryl/α,β-unsaturated/α-hetero) is 1. The summed E-state index contributed by atoms with van der Waals surface area (Å²) in [6.45, 7) is -0.246. The van der Waals surface area contributed by atoms with Crippen LogP contribution in [0, 0.1) is 11.6 Å². The molecule has 0 unspecified atom stereocenters. The number of hydrogen-bond donors (Lipinski definition) is 1. The van der Waals surface area contributed by atoms with Crippen LogP contribution in [0.5, 0.6) is 0 Å². The second kappa shape index (κ2) is 19.9. The number of amides is 4. The Bertz CT molecular complexity index is 2300. The van der Waals surface area contributed by atoms with Crippen molar-refractivity contribution < 1.29 is 49.5 Å². The first-order chi connectivity index (χ1) is 28.4. The molecule has 0 atom stereocenters. The van der Waals surface area contributed by atoms with Gasteiger partial charge in [0.1, 0.15) is 11.6 Å². The molecule has 4 aromatic carbocycles. The summed E-state index contributed by atoms with van der Waals surface area (Å²) >= 11 is 12.1. The summed E-state index contributed by atoms with van der Waals surface area (Å²) in [5.74, 6) is -2.85. The van der Waals surface area contributed by atoms with Gasteiger partial charge in [0.05, 0.1) is 55.3 Å². The second-order valence-electron chi connectivity index (χ2n) is 13.7. The zero-order valence-corrected chi connectivity index (χ0v) is 35.4. The lowest BCUT2D eigenvalue weighted by atomic mass is 10.1. The fourth-order valence-corrected chi connectivity index (χ4v) is 8.98. The van der Waals surface area contributed by atoms with Crippen molar-refractivity contribution in [2.45, 2.75) is 13.1 Å². The van der Waals surface area contributed by atoms with E-state index >= 15 is 0 Å². The number of nitrogens with two attached hydrogens (primary N) is 1. The van der Waals surface area contributed by atoms with Crippen LogP contribution in [-0.4, -0.2) is 113 Å². The largest absolute Gasteiger partial charge is 0.465 e. The van der Waals surface area contributed by atoms with Gasteiger partial charge in [-0.2, -0.15) is 0 Å². The molecule has 0 aliphatic carbocycles. The monoisotopic (exact) mass is 907 g/mol. The average molecular weight is 909 g/mol. The van der Waals surface area contributed by atoms with Gasteiger partial charge < -0.3 is 20.3 Å². The van der Waals surface area contributed by atoms with Crippen LogP contribution in [0.4, 0.5) is 29.7 Å². The van der Waals surface area contributed by atoms with Crippen molar-refractivity contribution in [1.82, 2.24) is 9.80 Å². The van der Waals surface area contributed by atoms with Gasteiger partial charge in [0.15, 0.2) is 25.5 Å². The lowest BCUT2D eigenvalue weighted by Gasteiger charge is -2.33. The zero-order chi connectivity index (χ0) is 43.8. The second-order valence-corrected chi connectivity index (χ2v) is 19.2. The summed E-state index contributed by atoms with van der Waals surface area (Å²) in [5.41, 5.74) is 6.79. The van der Waals surface area contributed by atoms with Crippen molar-refractivity contribution in [3.63, 3.8) is 0 Å². The van der Waals surface area contributed by atoms with Gasteiger partial charge in [-0.15, -0.1) is 0 Å². The Morgan fingerprint density at radius 3 is 1.42 bits per heavy atom. The molecule has 320 valence electrons. The molecule has 0 bridgehead atoms. The van der Waals surface area contributed by atoms with Gasteiger partial charge in [0, 0.05) is 64.3 Å². The normalized spacial score (nSPS) is 15.6. The van der Waals surface area contributed by atoms with Crippen LogP contribution in [-0.2, 0) is 37.5 Å². The molecule has 2 saturated heterocycles. The molecular formula is C40H41Cl2F2N5O9S2. The van der Waals surface area contributed by atoms with Crippen LogP contribution in [0.15, 0.2) is 84.9 Å². The maximum Gasteiger partial charge on any atom is 0.337 e. The van der Waals surface area contributed by atoms with E-state index in [-0.39, 0.29) is 91.1 Å². The third-order valence-corrected chi connectivity index (χ3v) is 13.3. The van der Waals surface area contributed by atoms with Crippen LogP contribution in [0.2, 0.25) is 10.0 Å². The van der Waals surface area contributed by atoms with Crippen molar-refractivity contribution >= 4 is 78.1 Å². The number of sulfone groups is 2. The maximum atomic E-state index is 14.7. The molecule has 60 heavy (non-hydrogen) atoms. The number of esters is 1. The lowest BCUT2D eigenvalue weighted by molar-refractivity contribution is 0.0600. The van der Waals surface area contributed by atoms with Gasteiger partial charge in [-0.1, -0.05) is 53.5 Å². The van der Waals surface area contributed by atoms with Crippen molar-refractivity contribution in [2.75, 3.05) is 72.6 Å². The van der Waals surface area contributed by atoms with Gasteiger partial charge in [-0.25, -0.2) is 40.0 Å². The van der Waals surface area contributed by atoms with Crippen LogP contribution >= 0.6 is 23.2 Å². The van der Waals surface area contributed by atoms with Gasteiger partial charge >= 0.3 is 18.0 Å². The Kier molecular flexibility index (Phi) is 15.3. The molecule has 2 fully saturated rings. The van der Waals surface area contributed by atoms with Gasteiger partial charge in [-0.3, -0.25) is 14.6 Å². The van der Waals surface area contributed by atoms with Crippen LogP contribution in [0.1, 0.15) is 31.8 Å². The van der Waals surface area contributed by atoms with E-state index in [1.54, 1.807) is 48.5 Å². The molecule has 0 saturated carbocycles. The molecule has 0 spiro atoms. The van der Waals surface area contributed by atoms with E-state index in [0.29, 0.717) is 21.4 Å². The number of ether oxygens (including phenoxy) is 1. The topological polar surface area (TPSA) is 185 Å². The molecule has 0 radical (unpaired) electrons. The number of rotatable bonds is 9. The van der Waals surface area contributed by atoms with Gasteiger partial charge in [0.2, 0.25) is 0 Å². The summed E-state index contributed by atoms with van der Waals surface area (Å²) < 4.78 is 80.7. The minimum absolute atomic E-state index is 0.0561. The maximum absolute atomic E-state index is 14.7. The minimum Gasteiger partial charge on any atom is -0.465 e. The van der Waals surface area contributed by atoms with Crippen LogP contribution in [0.3, 0.4) is 0 Å². The fraction of sp³-hybridized carbons (Fsp3) is 0.300. The van der Waals surface area contributed by atoms with Crippen molar-refractivity contribution in [3.8, 4) is 0 Å². The van der Waals surface area contributed by atoms with E-state index < -0.39 is 55.1 Å². The molecule has 20 heteroatoms. The van der Waals surface area contributed by atoms with Gasteiger partial charge in [-0.05, 0) is 54.6 Å². The third kappa shape index (κ3) is 12.0. The Hall–Kier alpha value is -5.14. The third-order valence-electron chi connectivity index (χ3n) is 9.62. The number of urea groups is 2. The molecule has 0 aromatic heterocycles. The molecule has 2 aliphatic heterocycles. The van der Waals surface area contributed by atoms with Crippen molar-refractivity contribution in [3.05, 3.63) is 129 Å². The standard InChI is InChI=1S/C20H21ClFN3O4S.C20H20ClFN2O5S/c21-16-2-1-3-17(11-16)25(20(27)24-6-8-30(28,29)9-7-24)13-15-5-4-14(10-18(15)22)19(26)12-23;1-29-19(25)14-5-6-15(18(22)11-14)13-24(17-4-2-3-16(21)12-17)20(26)23-7-9-30(27,28)10-8-23/h1-5,10-11H,6-9,12-13,23H2;2-6,11-12H,7-10,13H2,1H3. The van der Waals surface area contributed by atoms with E-state index in [2.05, 4.69) is 4.74 Å². The fourth-order valence-electron chi connectivity index (χ4n) is 6.20. The first-order valence-corrected chi connectivity index (χ1v) is 22.7. The zero-order valence-electron chi connectivity index (χ0n) is 32.2. The Morgan fingerprint density at radius 1 is 0.650 bits per heavy atom. The molecule has 2 N–H and O–H groups in total. The predicted octanol–water partition coefficient (Wildman–Crippen LogP) is 5.60. The number of benzene rings is 4. The first kappa shape index (κ1) is 45.9. The van der Waals surface area contributed by atoms with E-state index in [0.717, 1.165) is 12.1 Å². The molecule has 2 heterocycles. The minimum atomic E-state index is -3.16. The number of methoxy groups -OCH3 is 1. The highest BCUT2D eigenvalue weighted by Crippen LogP contribution is 2.27. The van der Waals surface area contributed by atoms with E-state index in [1.807, 2.05) is 0 Å². The average Bonchev–Trinajstić information content (AvgIpc) is 3.22. The summed E-state index contributed by atoms with van der Waals surface area (Å²) in [4.78, 5) is 55.2. The van der Waals surface area contributed by atoms with E-state index in [9.17, 15) is 44.8 Å². The Morgan fingerprint density at radius 2 is 1.05 bits per heavy atom. The summed E-state index contributed by atoms with van der Waals surface area (Å²) in [7, 11) is -5.13. The number of anilines is 2. The van der Waals surface area contributed by atoms with E-state index in [4.69, 9.17) is 28.9 Å². The van der Waals surface area contributed by atoms with Gasteiger partial charge in [0.25, 0.3) is 0 Å². The number of hydrogen-bond acceptors (Lipinski definition) is 10. The van der Waals surface area contributed by atoms with Crippen molar-refractivity contribution in [1.29, 1.82) is 0 Å². The number of carbonyl (C=O) groups excluding carboxylic acids is 4.